The van der Waals surface area contributed by atoms with Gasteiger partial charge in [-0.2, -0.15) is 0 Å². The lowest BCUT2D eigenvalue weighted by atomic mass is 9.90. The number of rotatable bonds is 3. The molecule has 0 aromatic carbocycles. The van der Waals surface area contributed by atoms with E-state index in [4.69, 9.17) is 4.74 Å². The van der Waals surface area contributed by atoms with Crippen molar-refractivity contribution >= 4 is 5.91 Å². The van der Waals surface area contributed by atoms with Gasteiger partial charge in [-0.3, -0.25) is 9.78 Å². The second-order valence-electron chi connectivity index (χ2n) is 6.68. The van der Waals surface area contributed by atoms with Gasteiger partial charge in [-0.25, -0.2) is 9.97 Å². The molecule has 0 bridgehead atoms. The molecule has 2 atom stereocenters. The first-order chi connectivity index (χ1) is 12.3. The molecule has 4 heterocycles. The van der Waals surface area contributed by atoms with E-state index in [1.807, 2.05) is 23.2 Å². The lowest BCUT2D eigenvalue weighted by Gasteiger charge is -2.34. The molecule has 0 spiro atoms. The summed E-state index contributed by atoms with van der Waals surface area (Å²) in [6.07, 6.45) is 10.6. The van der Waals surface area contributed by atoms with Crippen molar-refractivity contribution in [2.45, 2.75) is 37.7 Å². The molecule has 2 aliphatic rings. The van der Waals surface area contributed by atoms with Gasteiger partial charge < -0.3 is 9.64 Å². The lowest BCUT2D eigenvalue weighted by Crippen LogP contribution is -2.44. The molecule has 25 heavy (non-hydrogen) atoms. The SMILES string of the molecule is O=C(C1CCCO1)N1CCCC(c2ncncc2-c2ccncc2)C1. The number of carbonyl (C=O) groups excluding carboxylic acids is 1. The van der Waals surface area contributed by atoms with Gasteiger partial charge in [0.2, 0.25) is 0 Å². The van der Waals surface area contributed by atoms with Crippen LogP contribution < -0.4 is 0 Å². The third-order valence-electron chi connectivity index (χ3n) is 5.06. The molecule has 0 saturated carbocycles. The Balaban J connectivity index is 1.57. The molecule has 2 aromatic heterocycles. The van der Waals surface area contributed by atoms with Crippen molar-refractivity contribution in [1.29, 1.82) is 0 Å². The monoisotopic (exact) mass is 338 g/mol. The zero-order chi connectivity index (χ0) is 17.1. The van der Waals surface area contributed by atoms with Gasteiger partial charge in [0.1, 0.15) is 12.4 Å². The maximum Gasteiger partial charge on any atom is 0.251 e. The second-order valence-corrected chi connectivity index (χ2v) is 6.68. The number of nitrogens with zero attached hydrogens (tertiary/aromatic N) is 4. The molecule has 6 nitrogen and oxygen atoms in total. The van der Waals surface area contributed by atoms with E-state index in [0.717, 1.165) is 49.0 Å². The smallest absolute Gasteiger partial charge is 0.251 e. The van der Waals surface area contributed by atoms with Crippen molar-refractivity contribution in [3.05, 3.63) is 42.7 Å². The van der Waals surface area contributed by atoms with Gasteiger partial charge in [0, 0.05) is 49.8 Å². The zero-order valence-electron chi connectivity index (χ0n) is 14.2. The summed E-state index contributed by atoms with van der Waals surface area (Å²) in [6, 6.07) is 3.95. The average Bonchev–Trinajstić information content (AvgIpc) is 3.23. The standard InChI is InChI=1S/C19H22N4O2/c24-19(17-4-2-10-25-17)23-9-1-3-15(12-23)18-16(11-21-13-22-18)14-5-7-20-8-6-14/h5-8,11,13,15,17H,1-4,9-10,12H2. The molecule has 4 rings (SSSR count). The zero-order valence-corrected chi connectivity index (χ0v) is 14.2. The number of likely N-dealkylation sites (tertiary alicyclic amines) is 1. The van der Waals surface area contributed by atoms with Gasteiger partial charge in [-0.15, -0.1) is 0 Å². The quantitative estimate of drug-likeness (QED) is 0.860. The number of aromatic nitrogens is 3. The Labute approximate surface area is 147 Å². The molecule has 0 aliphatic carbocycles. The second kappa shape index (κ2) is 7.27. The van der Waals surface area contributed by atoms with Crippen LogP contribution in [0.2, 0.25) is 0 Å². The van der Waals surface area contributed by atoms with E-state index in [0.29, 0.717) is 13.2 Å². The minimum absolute atomic E-state index is 0.140. The van der Waals surface area contributed by atoms with Crippen LogP contribution in [0.3, 0.4) is 0 Å². The van der Waals surface area contributed by atoms with Crippen LogP contribution in [0, 0.1) is 0 Å². The van der Waals surface area contributed by atoms with Gasteiger partial charge in [-0.05, 0) is 43.4 Å². The summed E-state index contributed by atoms with van der Waals surface area (Å²) in [6.45, 7) is 2.21. The van der Waals surface area contributed by atoms with Crippen LogP contribution in [0.4, 0.5) is 0 Å². The highest BCUT2D eigenvalue weighted by Crippen LogP contribution is 2.33. The van der Waals surface area contributed by atoms with Crippen LogP contribution in [-0.4, -0.2) is 51.6 Å². The molecule has 2 aliphatic heterocycles. The molecule has 0 radical (unpaired) electrons. The molecule has 2 aromatic rings. The average molecular weight is 338 g/mol. The third kappa shape index (κ3) is 3.39. The van der Waals surface area contributed by atoms with E-state index in [1.54, 1.807) is 18.7 Å². The summed E-state index contributed by atoms with van der Waals surface area (Å²) in [5, 5.41) is 0. The number of hydrogen-bond acceptors (Lipinski definition) is 5. The minimum Gasteiger partial charge on any atom is -0.368 e. The van der Waals surface area contributed by atoms with Crippen molar-refractivity contribution in [2.75, 3.05) is 19.7 Å². The van der Waals surface area contributed by atoms with E-state index in [1.165, 1.54) is 0 Å². The van der Waals surface area contributed by atoms with Gasteiger partial charge >= 0.3 is 0 Å². The molecule has 2 saturated heterocycles. The summed E-state index contributed by atoms with van der Waals surface area (Å²) >= 11 is 0. The maximum absolute atomic E-state index is 12.7. The third-order valence-corrected chi connectivity index (χ3v) is 5.06. The number of piperidine rings is 1. The largest absolute Gasteiger partial charge is 0.368 e. The molecular weight excluding hydrogens is 316 g/mol. The first kappa shape index (κ1) is 16.1. The van der Waals surface area contributed by atoms with Crippen LogP contribution in [-0.2, 0) is 9.53 Å². The molecule has 130 valence electrons. The molecule has 0 N–H and O–H groups in total. The van der Waals surface area contributed by atoms with Crippen LogP contribution in [0.25, 0.3) is 11.1 Å². The van der Waals surface area contributed by atoms with Crippen molar-refractivity contribution in [2.24, 2.45) is 0 Å². The molecule has 6 heteroatoms. The Morgan fingerprint density at radius 3 is 2.84 bits per heavy atom. The van der Waals surface area contributed by atoms with Crippen LogP contribution >= 0.6 is 0 Å². The number of hydrogen-bond donors (Lipinski definition) is 0. The topological polar surface area (TPSA) is 68.2 Å². The Bertz CT molecular complexity index is 731. The van der Waals surface area contributed by atoms with E-state index in [2.05, 4.69) is 15.0 Å². The summed E-state index contributed by atoms with van der Waals surface area (Å²) in [4.78, 5) is 27.5. The number of amides is 1. The fraction of sp³-hybridized carbons (Fsp3) is 0.474. The molecule has 2 fully saturated rings. The van der Waals surface area contributed by atoms with Gasteiger partial charge in [0.15, 0.2) is 0 Å². The fourth-order valence-electron chi connectivity index (χ4n) is 3.79. The molecule has 2 unspecified atom stereocenters. The molecule has 1 amide bonds. The number of carbonyl (C=O) groups is 1. The van der Waals surface area contributed by atoms with E-state index in [9.17, 15) is 4.79 Å². The fourth-order valence-corrected chi connectivity index (χ4v) is 3.79. The van der Waals surface area contributed by atoms with Crippen molar-refractivity contribution < 1.29 is 9.53 Å². The van der Waals surface area contributed by atoms with Gasteiger partial charge in [0.05, 0.1) is 5.69 Å². The first-order valence-electron chi connectivity index (χ1n) is 8.93. The normalized spacial score (nSPS) is 23.6. The van der Waals surface area contributed by atoms with Crippen LogP contribution in [0.1, 0.15) is 37.3 Å². The summed E-state index contributed by atoms with van der Waals surface area (Å²) in [5.41, 5.74) is 3.11. The maximum atomic E-state index is 12.7. The minimum atomic E-state index is -0.246. The van der Waals surface area contributed by atoms with Crippen LogP contribution in [0.5, 0.6) is 0 Å². The Kier molecular flexibility index (Phi) is 4.70. The van der Waals surface area contributed by atoms with E-state index < -0.39 is 0 Å². The number of ether oxygens (including phenoxy) is 1. The highest BCUT2D eigenvalue weighted by Gasteiger charge is 2.33. The summed E-state index contributed by atoms with van der Waals surface area (Å²) in [7, 11) is 0. The van der Waals surface area contributed by atoms with Gasteiger partial charge in [0.25, 0.3) is 5.91 Å². The predicted octanol–water partition coefficient (Wildman–Crippen LogP) is 2.42. The summed E-state index contributed by atoms with van der Waals surface area (Å²) in [5.74, 6) is 0.368. The Morgan fingerprint density at radius 2 is 2.04 bits per heavy atom. The highest BCUT2D eigenvalue weighted by atomic mass is 16.5. The predicted molar refractivity (Wildman–Crippen MR) is 92.8 cm³/mol. The lowest BCUT2D eigenvalue weighted by molar-refractivity contribution is -0.142. The highest BCUT2D eigenvalue weighted by molar-refractivity contribution is 5.81. The van der Waals surface area contributed by atoms with Crippen LogP contribution in [0.15, 0.2) is 37.1 Å². The van der Waals surface area contributed by atoms with Crippen molar-refractivity contribution in [1.82, 2.24) is 19.9 Å². The number of pyridine rings is 1. The van der Waals surface area contributed by atoms with E-state index >= 15 is 0 Å². The van der Waals surface area contributed by atoms with Gasteiger partial charge in [-0.1, -0.05) is 0 Å². The first-order valence-corrected chi connectivity index (χ1v) is 8.93. The van der Waals surface area contributed by atoms with Crippen molar-refractivity contribution in [3.8, 4) is 11.1 Å². The van der Waals surface area contributed by atoms with E-state index in [-0.39, 0.29) is 17.9 Å². The Hall–Kier alpha value is -2.34. The molecular formula is C19H22N4O2. The Morgan fingerprint density at radius 1 is 1.16 bits per heavy atom. The van der Waals surface area contributed by atoms with Crippen molar-refractivity contribution in [3.63, 3.8) is 0 Å². The summed E-state index contributed by atoms with van der Waals surface area (Å²) < 4.78 is 5.58.